The first-order chi connectivity index (χ1) is 20.9. The summed E-state index contributed by atoms with van der Waals surface area (Å²) in [6.45, 7) is 3.94. The number of hydrogen-bond donors (Lipinski definition) is 0. The van der Waals surface area contributed by atoms with E-state index in [1.807, 2.05) is 13.8 Å². The topological polar surface area (TPSA) is 86.7 Å². The molecule has 0 aliphatic carbocycles. The highest BCUT2D eigenvalue weighted by Gasteiger charge is 2.28. The van der Waals surface area contributed by atoms with Crippen molar-refractivity contribution in [2.24, 2.45) is 0 Å². The summed E-state index contributed by atoms with van der Waals surface area (Å²) in [5.41, 5.74) is 0.0973. The maximum absolute atomic E-state index is 13.0. The molecule has 0 aromatic heterocycles. The lowest BCUT2D eigenvalue weighted by Gasteiger charge is -2.30. The van der Waals surface area contributed by atoms with E-state index in [0.29, 0.717) is 33.7 Å². The molecule has 10 heteroatoms. The monoisotopic (exact) mass is 666 g/mol. The van der Waals surface area contributed by atoms with Crippen molar-refractivity contribution in [3.8, 4) is 17.2 Å². The van der Waals surface area contributed by atoms with Crippen molar-refractivity contribution in [2.75, 3.05) is 0 Å². The van der Waals surface area contributed by atoms with E-state index in [4.69, 9.17) is 32.7 Å². The predicted molar refractivity (Wildman–Crippen MR) is 171 cm³/mol. The summed E-state index contributed by atoms with van der Waals surface area (Å²) in [6.07, 6.45) is 0.625. The largest absolute Gasteiger partial charge is 0.483 e. The van der Waals surface area contributed by atoms with Crippen LogP contribution < -0.4 is 9.47 Å². The Morgan fingerprint density at radius 1 is 0.523 bits per heavy atom. The third-order valence-corrected chi connectivity index (χ3v) is 11.3. The minimum atomic E-state index is -3.69. The zero-order valence-corrected chi connectivity index (χ0v) is 26.9. The van der Waals surface area contributed by atoms with Gasteiger partial charge in [-0.3, -0.25) is 0 Å². The maximum Gasteiger partial charge on any atom is 0.206 e. The van der Waals surface area contributed by atoms with Crippen molar-refractivity contribution in [1.29, 1.82) is 0 Å². The quantitative estimate of drug-likeness (QED) is 0.148. The number of benzene rings is 5. The molecule has 5 aromatic carbocycles. The zero-order chi connectivity index (χ0) is 31.5. The molecule has 5 rings (SSSR count). The van der Waals surface area contributed by atoms with Crippen molar-refractivity contribution < 1.29 is 26.3 Å². The Hall–Kier alpha value is -3.82. The Morgan fingerprint density at radius 2 is 0.841 bits per heavy atom. The summed E-state index contributed by atoms with van der Waals surface area (Å²) in [7, 11) is -7.37. The van der Waals surface area contributed by atoms with Crippen molar-refractivity contribution in [3.63, 3.8) is 0 Å². The summed E-state index contributed by atoms with van der Waals surface area (Å²) in [5.74, 6) is 1.62. The van der Waals surface area contributed by atoms with E-state index in [1.54, 1.807) is 72.8 Å². The summed E-state index contributed by atoms with van der Waals surface area (Å²) in [6, 6.07) is 32.0. The van der Waals surface area contributed by atoms with Crippen LogP contribution in [0.25, 0.3) is 0 Å². The smallest absolute Gasteiger partial charge is 0.206 e. The Kier molecular flexibility index (Phi) is 9.09. The molecule has 0 amide bonds. The Labute approximate surface area is 267 Å². The highest BCUT2D eigenvalue weighted by molar-refractivity contribution is 7.91. The molecule has 0 N–H and O–H groups in total. The first kappa shape index (κ1) is 31.6. The molecule has 0 heterocycles. The molecular weight excluding hydrogens is 639 g/mol. The molecular formula is C34H28Cl2O6S2. The van der Waals surface area contributed by atoms with E-state index >= 15 is 0 Å². The molecule has 44 heavy (non-hydrogen) atoms. The Bertz CT molecular complexity index is 1960. The summed E-state index contributed by atoms with van der Waals surface area (Å²) >= 11 is 11.8. The van der Waals surface area contributed by atoms with Crippen LogP contribution in [-0.4, -0.2) is 16.8 Å². The molecule has 0 aliphatic rings. The number of ether oxygens (including phenoxy) is 2. The van der Waals surface area contributed by atoms with Crippen LogP contribution in [0.15, 0.2) is 141 Å². The summed E-state index contributed by atoms with van der Waals surface area (Å²) in [4.78, 5) is 0.652. The molecule has 6 nitrogen and oxygen atoms in total. The third-order valence-electron chi connectivity index (χ3n) is 7.23. The molecule has 226 valence electrons. The highest BCUT2D eigenvalue weighted by Crippen LogP contribution is 2.34. The lowest BCUT2D eigenvalue weighted by Crippen LogP contribution is -2.28. The first-order valence-corrected chi connectivity index (χ1v) is 17.3. The van der Waals surface area contributed by atoms with Gasteiger partial charge < -0.3 is 9.47 Å². The standard InChI is InChI=1S/C34H28Cl2O6S2/c1-3-34(2,24-4-16-30(17-5-24)43(37,38)31-18-6-25(35)7-19-31)42-29-12-10-27(11-13-29)41-28-14-22-33(23-15-28)44(39,40)32-20-8-26(36)9-21-32/h4-23H,3H2,1-2H3. The predicted octanol–water partition coefficient (Wildman–Crippen LogP) is 9.16. The molecule has 0 spiro atoms. The van der Waals surface area contributed by atoms with E-state index in [2.05, 4.69) is 0 Å². The number of hydrogen-bond acceptors (Lipinski definition) is 6. The van der Waals surface area contributed by atoms with Gasteiger partial charge in [0.15, 0.2) is 0 Å². The van der Waals surface area contributed by atoms with Gasteiger partial charge in [0.25, 0.3) is 0 Å². The maximum atomic E-state index is 13.0. The molecule has 0 bridgehead atoms. The first-order valence-electron chi connectivity index (χ1n) is 13.6. The van der Waals surface area contributed by atoms with Gasteiger partial charge in [-0.05, 0) is 128 Å². The van der Waals surface area contributed by atoms with Gasteiger partial charge in [-0.15, -0.1) is 0 Å². The van der Waals surface area contributed by atoms with E-state index in [9.17, 15) is 16.8 Å². The second kappa shape index (κ2) is 12.7. The second-order valence-corrected chi connectivity index (χ2v) is 14.9. The molecule has 0 aliphatic heterocycles. The number of sulfone groups is 2. The van der Waals surface area contributed by atoms with Crippen LogP contribution in [0.4, 0.5) is 0 Å². The van der Waals surface area contributed by atoms with Gasteiger partial charge in [-0.2, -0.15) is 0 Å². The van der Waals surface area contributed by atoms with Crippen LogP contribution in [-0.2, 0) is 25.3 Å². The molecule has 5 aromatic rings. The van der Waals surface area contributed by atoms with E-state index in [0.717, 1.165) is 5.56 Å². The molecule has 0 saturated carbocycles. The van der Waals surface area contributed by atoms with Crippen molar-refractivity contribution in [1.82, 2.24) is 0 Å². The molecule has 0 radical (unpaired) electrons. The van der Waals surface area contributed by atoms with Crippen LogP contribution >= 0.6 is 23.2 Å². The van der Waals surface area contributed by atoms with Gasteiger partial charge in [-0.25, -0.2) is 16.8 Å². The third kappa shape index (κ3) is 6.79. The van der Waals surface area contributed by atoms with Crippen LogP contribution in [0, 0.1) is 0 Å². The van der Waals surface area contributed by atoms with Gasteiger partial charge in [-0.1, -0.05) is 42.3 Å². The zero-order valence-electron chi connectivity index (χ0n) is 23.8. The Balaban J connectivity index is 1.26. The molecule has 0 saturated heterocycles. The van der Waals surface area contributed by atoms with Crippen molar-refractivity contribution >= 4 is 42.9 Å². The molecule has 0 fully saturated rings. The fraction of sp³-hybridized carbons (Fsp3) is 0.118. The normalized spacial score (nSPS) is 13.2. The minimum absolute atomic E-state index is 0.144. The number of rotatable bonds is 10. The molecule has 1 unspecified atom stereocenters. The van der Waals surface area contributed by atoms with Gasteiger partial charge in [0.05, 0.1) is 19.6 Å². The fourth-order valence-corrected chi connectivity index (χ4v) is 7.25. The SMILES string of the molecule is CCC(C)(Oc1ccc(Oc2ccc(S(=O)(=O)c3ccc(Cl)cc3)cc2)cc1)c1ccc(S(=O)(=O)c2ccc(Cl)cc2)cc1. The summed E-state index contributed by atoms with van der Waals surface area (Å²) < 4.78 is 64.2. The minimum Gasteiger partial charge on any atom is -0.483 e. The van der Waals surface area contributed by atoms with Gasteiger partial charge in [0.2, 0.25) is 19.7 Å². The summed E-state index contributed by atoms with van der Waals surface area (Å²) in [5, 5.41) is 0.924. The number of halogens is 2. The van der Waals surface area contributed by atoms with Crippen molar-refractivity contribution in [2.45, 2.75) is 45.5 Å². The lowest BCUT2D eigenvalue weighted by molar-refractivity contribution is 0.0825. The van der Waals surface area contributed by atoms with Gasteiger partial charge in [0.1, 0.15) is 22.8 Å². The molecule has 1 atom stereocenters. The van der Waals surface area contributed by atoms with E-state index < -0.39 is 25.3 Å². The van der Waals surface area contributed by atoms with Crippen LogP contribution in [0.2, 0.25) is 10.0 Å². The highest BCUT2D eigenvalue weighted by atomic mass is 35.5. The average molecular weight is 668 g/mol. The van der Waals surface area contributed by atoms with Crippen LogP contribution in [0.1, 0.15) is 25.8 Å². The fourth-order valence-electron chi connectivity index (χ4n) is 4.48. The van der Waals surface area contributed by atoms with Crippen LogP contribution in [0.3, 0.4) is 0 Å². The lowest BCUT2D eigenvalue weighted by atomic mass is 9.93. The van der Waals surface area contributed by atoms with E-state index in [-0.39, 0.29) is 19.6 Å². The second-order valence-electron chi connectivity index (χ2n) is 10.2. The van der Waals surface area contributed by atoms with E-state index in [1.165, 1.54) is 48.5 Å². The Morgan fingerprint density at radius 3 is 1.23 bits per heavy atom. The van der Waals surface area contributed by atoms with Gasteiger partial charge in [0, 0.05) is 10.0 Å². The van der Waals surface area contributed by atoms with Crippen LogP contribution in [0.5, 0.6) is 17.2 Å². The van der Waals surface area contributed by atoms with Gasteiger partial charge >= 0.3 is 0 Å². The van der Waals surface area contributed by atoms with Crippen molar-refractivity contribution in [3.05, 3.63) is 137 Å². The average Bonchev–Trinajstić information content (AvgIpc) is 3.03.